The number of rotatable bonds is 12. The molecule has 0 radical (unpaired) electrons. The Balaban J connectivity index is 1.49. The average Bonchev–Trinajstić information content (AvgIpc) is 3.40. The number of hydrogen-bond donors (Lipinski definition) is 2. The number of nitrogens with one attached hydrogen (secondary N) is 1. The van der Waals surface area contributed by atoms with E-state index in [1.54, 1.807) is 42.1 Å². The normalized spacial score (nSPS) is 12.8. The van der Waals surface area contributed by atoms with Crippen molar-refractivity contribution in [3.05, 3.63) is 111 Å². The first-order valence-electron chi connectivity index (χ1n) is 13.7. The Morgan fingerprint density at radius 2 is 1.77 bits per heavy atom. The van der Waals surface area contributed by atoms with E-state index in [-0.39, 0.29) is 23.6 Å². The molecule has 4 rings (SSSR count). The number of hydrogen-bond acceptors (Lipinski definition) is 7. The Morgan fingerprint density at radius 1 is 1.05 bits per heavy atom. The van der Waals surface area contributed by atoms with Crippen LogP contribution in [0.3, 0.4) is 0 Å². The number of likely N-dealkylation sites (N-methyl/N-ethyl adjacent to an activating group) is 1. The molecule has 0 saturated carbocycles. The van der Waals surface area contributed by atoms with Crippen LogP contribution >= 0.6 is 11.3 Å². The molecule has 0 aliphatic rings. The highest BCUT2D eigenvalue weighted by Gasteiger charge is 2.27. The van der Waals surface area contributed by atoms with Gasteiger partial charge in [-0.3, -0.25) is 14.6 Å². The maximum atomic E-state index is 13.9. The maximum Gasteiger partial charge on any atom is 0.272 e. The number of aliphatic hydroxyl groups excluding tert-OH is 1. The van der Waals surface area contributed by atoms with Crippen LogP contribution in [0.1, 0.15) is 49.5 Å². The van der Waals surface area contributed by atoms with Crippen molar-refractivity contribution in [1.82, 2.24) is 20.2 Å². The van der Waals surface area contributed by atoms with Gasteiger partial charge in [-0.1, -0.05) is 36.4 Å². The van der Waals surface area contributed by atoms with E-state index in [1.165, 1.54) is 29.7 Å². The van der Waals surface area contributed by atoms with Gasteiger partial charge in [0.2, 0.25) is 0 Å². The van der Waals surface area contributed by atoms with Gasteiger partial charge in [-0.05, 0) is 43.2 Å². The largest absolute Gasteiger partial charge is 0.389 e. The molecule has 0 bridgehead atoms. The van der Waals surface area contributed by atoms with Gasteiger partial charge in [-0.15, -0.1) is 11.3 Å². The summed E-state index contributed by atoms with van der Waals surface area (Å²) in [5.74, 6) is -3.76. The van der Waals surface area contributed by atoms with Crippen LogP contribution < -0.4 is 10.2 Å². The molecule has 2 aromatic heterocycles. The summed E-state index contributed by atoms with van der Waals surface area (Å²) in [4.78, 5) is 38.1. The second-order valence-electron chi connectivity index (χ2n) is 10.7. The quantitative estimate of drug-likeness (QED) is 0.234. The summed E-state index contributed by atoms with van der Waals surface area (Å²) in [5.41, 5.74) is 2.58. The van der Waals surface area contributed by atoms with Crippen LogP contribution in [0.2, 0.25) is 0 Å². The summed E-state index contributed by atoms with van der Waals surface area (Å²) >= 11 is 1.48. The van der Waals surface area contributed by atoms with E-state index in [2.05, 4.69) is 15.3 Å². The topological polar surface area (TPSA) is 98.7 Å². The first kappa shape index (κ1) is 31.7. The zero-order valence-corrected chi connectivity index (χ0v) is 25.3. The molecule has 0 saturated heterocycles. The van der Waals surface area contributed by atoms with E-state index in [9.17, 15) is 23.5 Å². The van der Waals surface area contributed by atoms with Gasteiger partial charge < -0.3 is 20.2 Å². The number of benzene rings is 2. The number of anilines is 1. The minimum absolute atomic E-state index is 0.0394. The number of halogens is 2. The standard InChI is InChI=1S/C32H35F2N5O3S/c1-21-20-43-29(36-21)19-39(4)31(42)24-12-8-11-23(14-24)30(41)37-27(13-22-9-6-5-7-10-22)28(40)18-38(3)26-15-25(16-35-17-26)32(2,33)34/h5-12,14-17,20,27-28,40H,13,18-19H2,1-4H3,(H,37,41)/t27-,28+/m0/s1. The van der Waals surface area contributed by atoms with Gasteiger partial charge in [-0.25, -0.2) is 13.8 Å². The van der Waals surface area contributed by atoms with Crippen molar-refractivity contribution < 1.29 is 23.5 Å². The van der Waals surface area contributed by atoms with Gasteiger partial charge >= 0.3 is 0 Å². The number of aromatic nitrogens is 2. The van der Waals surface area contributed by atoms with Crippen LogP contribution in [0.25, 0.3) is 0 Å². The molecular weight excluding hydrogens is 572 g/mol. The first-order valence-corrected chi connectivity index (χ1v) is 14.6. The van der Waals surface area contributed by atoms with Crippen LogP contribution in [0.4, 0.5) is 14.5 Å². The Bertz CT molecular complexity index is 1540. The number of alkyl halides is 2. The second-order valence-corrected chi connectivity index (χ2v) is 11.6. The van der Waals surface area contributed by atoms with Gasteiger partial charge in [0.05, 0.1) is 30.6 Å². The molecule has 226 valence electrons. The van der Waals surface area contributed by atoms with Gasteiger partial charge in [0.15, 0.2) is 0 Å². The van der Waals surface area contributed by atoms with Crippen molar-refractivity contribution in [3.8, 4) is 0 Å². The van der Waals surface area contributed by atoms with E-state index in [4.69, 9.17) is 0 Å². The molecule has 0 fully saturated rings. The van der Waals surface area contributed by atoms with Gasteiger partial charge in [-0.2, -0.15) is 0 Å². The molecule has 0 aliphatic heterocycles. The van der Waals surface area contributed by atoms with Gasteiger partial charge in [0, 0.05) is 61.5 Å². The molecule has 0 aliphatic carbocycles. The molecule has 8 nitrogen and oxygen atoms in total. The van der Waals surface area contributed by atoms with Gasteiger partial charge in [0.25, 0.3) is 17.7 Å². The predicted molar refractivity (Wildman–Crippen MR) is 164 cm³/mol. The molecule has 4 aromatic rings. The third kappa shape index (κ3) is 8.65. The Hall–Kier alpha value is -4.22. The smallest absolute Gasteiger partial charge is 0.272 e. The highest BCUT2D eigenvalue weighted by atomic mass is 32.1. The molecule has 2 atom stereocenters. The Kier molecular flexibility index (Phi) is 10.2. The Labute approximate surface area is 254 Å². The van der Waals surface area contributed by atoms with E-state index >= 15 is 0 Å². The molecule has 0 unspecified atom stereocenters. The lowest BCUT2D eigenvalue weighted by atomic mass is 9.99. The number of aryl methyl sites for hydroxylation is 1. The lowest BCUT2D eigenvalue weighted by Crippen LogP contribution is -2.49. The predicted octanol–water partition coefficient (Wildman–Crippen LogP) is 5.07. The summed E-state index contributed by atoms with van der Waals surface area (Å²) in [6.07, 6.45) is 1.81. The summed E-state index contributed by atoms with van der Waals surface area (Å²) in [7, 11) is 3.35. The number of amides is 2. The first-order chi connectivity index (χ1) is 20.4. The van der Waals surface area contributed by atoms with Crippen LogP contribution in [0.15, 0.2) is 78.4 Å². The summed E-state index contributed by atoms with van der Waals surface area (Å²) in [6.45, 7) is 3.08. The molecule has 0 spiro atoms. The van der Waals surface area contributed by atoms with Crippen LogP contribution in [0, 0.1) is 6.92 Å². The fourth-order valence-electron chi connectivity index (χ4n) is 4.56. The van der Waals surface area contributed by atoms with Crippen molar-refractivity contribution in [2.45, 2.75) is 44.9 Å². The van der Waals surface area contributed by atoms with Crippen LogP contribution in [0.5, 0.6) is 0 Å². The van der Waals surface area contributed by atoms with Crippen LogP contribution in [-0.4, -0.2) is 64.6 Å². The van der Waals surface area contributed by atoms with Crippen molar-refractivity contribution in [2.75, 3.05) is 25.5 Å². The van der Waals surface area contributed by atoms with E-state index in [0.29, 0.717) is 24.2 Å². The second kappa shape index (κ2) is 13.8. The monoisotopic (exact) mass is 607 g/mol. The van der Waals surface area contributed by atoms with Crippen LogP contribution in [-0.2, 0) is 18.9 Å². The molecule has 2 N–H and O–H groups in total. The van der Waals surface area contributed by atoms with E-state index in [1.807, 2.05) is 42.6 Å². The SMILES string of the molecule is Cc1csc(CN(C)C(=O)c2cccc(C(=O)N[C@@H](Cc3ccccc3)[C@H](O)CN(C)c3cncc(C(C)(F)F)c3)c2)n1. The minimum atomic E-state index is -3.06. The minimum Gasteiger partial charge on any atom is -0.389 e. The number of carbonyl (C=O) groups excluding carboxylic acids is 2. The van der Waals surface area contributed by atoms with E-state index < -0.39 is 24.0 Å². The zero-order valence-electron chi connectivity index (χ0n) is 24.5. The Morgan fingerprint density at radius 3 is 2.44 bits per heavy atom. The fourth-order valence-corrected chi connectivity index (χ4v) is 5.38. The molecule has 2 aromatic carbocycles. The molecule has 11 heteroatoms. The molecule has 2 amide bonds. The van der Waals surface area contributed by atoms with E-state index in [0.717, 1.165) is 29.4 Å². The highest BCUT2D eigenvalue weighted by Crippen LogP contribution is 2.28. The summed E-state index contributed by atoms with van der Waals surface area (Å²) in [6, 6.07) is 16.4. The van der Waals surface area contributed by atoms with Crippen molar-refractivity contribution in [1.29, 1.82) is 0 Å². The summed E-state index contributed by atoms with van der Waals surface area (Å²) < 4.78 is 27.8. The molecule has 43 heavy (non-hydrogen) atoms. The van der Waals surface area contributed by atoms with Crippen molar-refractivity contribution in [3.63, 3.8) is 0 Å². The maximum absolute atomic E-state index is 13.9. The third-order valence-electron chi connectivity index (χ3n) is 6.97. The molecule has 2 heterocycles. The van der Waals surface area contributed by atoms with Gasteiger partial charge in [0.1, 0.15) is 5.01 Å². The zero-order chi connectivity index (χ0) is 31.1. The fraction of sp³-hybridized carbons (Fsp3) is 0.312. The van der Waals surface area contributed by atoms with Crippen molar-refractivity contribution >= 4 is 28.8 Å². The number of nitrogens with zero attached hydrogens (tertiary/aromatic N) is 4. The number of pyridine rings is 1. The lowest BCUT2D eigenvalue weighted by molar-refractivity contribution is 0.0171. The third-order valence-corrected chi connectivity index (χ3v) is 7.92. The lowest BCUT2D eigenvalue weighted by Gasteiger charge is -2.29. The van der Waals surface area contributed by atoms with Crippen molar-refractivity contribution in [2.24, 2.45) is 0 Å². The average molecular weight is 608 g/mol. The number of carbonyl (C=O) groups is 2. The molecular formula is C32H35F2N5O3S. The highest BCUT2D eigenvalue weighted by molar-refractivity contribution is 7.09. The number of aliphatic hydroxyl groups is 1. The number of thiazole rings is 1. The summed E-state index contributed by atoms with van der Waals surface area (Å²) in [5, 5.41) is 17.0.